The van der Waals surface area contributed by atoms with E-state index in [1.54, 1.807) is 6.92 Å². The lowest BCUT2D eigenvalue weighted by atomic mass is 9.91. The normalized spacial score (nSPS) is 10.6. The molecule has 0 radical (unpaired) electrons. The van der Waals surface area contributed by atoms with Crippen LogP contribution in [0.3, 0.4) is 0 Å². The van der Waals surface area contributed by atoms with Crippen LogP contribution >= 0.6 is 0 Å². The first-order chi connectivity index (χ1) is 15.1. The van der Waals surface area contributed by atoms with E-state index in [4.69, 9.17) is 4.74 Å². The Bertz CT molecular complexity index is 1220. The first kappa shape index (κ1) is 20.4. The zero-order valence-corrected chi connectivity index (χ0v) is 17.5. The van der Waals surface area contributed by atoms with Crippen molar-refractivity contribution in [2.75, 3.05) is 7.11 Å². The first-order valence-electron chi connectivity index (χ1n) is 10.1. The van der Waals surface area contributed by atoms with Gasteiger partial charge in [0.05, 0.1) is 23.9 Å². The Labute approximate surface area is 181 Å². The maximum atomic E-state index is 13.9. The molecule has 0 aliphatic heterocycles. The zero-order valence-electron chi connectivity index (χ0n) is 17.5. The summed E-state index contributed by atoms with van der Waals surface area (Å²) in [5, 5.41) is 0. The van der Waals surface area contributed by atoms with Crippen molar-refractivity contribution in [1.82, 2.24) is 4.98 Å². The summed E-state index contributed by atoms with van der Waals surface area (Å²) >= 11 is 0. The number of esters is 1. The SMILES string of the molecule is COC(=O)c1c(C)[nH]c(-c2ccccc2)c1C(=O)c1ccccc1Cc1ccccc1. The molecule has 1 aromatic heterocycles. The number of rotatable bonds is 6. The zero-order chi connectivity index (χ0) is 21.8. The van der Waals surface area contributed by atoms with E-state index in [1.807, 2.05) is 84.9 Å². The van der Waals surface area contributed by atoms with Crippen molar-refractivity contribution in [2.45, 2.75) is 13.3 Å². The van der Waals surface area contributed by atoms with E-state index >= 15 is 0 Å². The van der Waals surface area contributed by atoms with Crippen molar-refractivity contribution in [3.8, 4) is 11.3 Å². The van der Waals surface area contributed by atoms with E-state index in [-0.39, 0.29) is 11.3 Å². The number of hydrogen-bond donors (Lipinski definition) is 1. The topological polar surface area (TPSA) is 59.2 Å². The highest BCUT2D eigenvalue weighted by atomic mass is 16.5. The fraction of sp³-hybridized carbons (Fsp3) is 0.111. The van der Waals surface area contributed by atoms with Gasteiger partial charge < -0.3 is 9.72 Å². The molecule has 0 bridgehead atoms. The number of carbonyl (C=O) groups is 2. The van der Waals surface area contributed by atoms with Gasteiger partial charge in [-0.15, -0.1) is 0 Å². The van der Waals surface area contributed by atoms with Crippen LogP contribution in [0.1, 0.15) is 43.1 Å². The molecule has 3 aromatic carbocycles. The molecule has 0 unspecified atom stereocenters. The van der Waals surface area contributed by atoms with Gasteiger partial charge >= 0.3 is 5.97 Å². The van der Waals surface area contributed by atoms with Crippen LogP contribution in [0.2, 0.25) is 0 Å². The maximum Gasteiger partial charge on any atom is 0.340 e. The Balaban J connectivity index is 1.87. The van der Waals surface area contributed by atoms with E-state index in [0.717, 1.165) is 16.7 Å². The number of nitrogens with one attached hydrogen (secondary N) is 1. The van der Waals surface area contributed by atoms with Crippen LogP contribution in [0.25, 0.3) is 11.3 Å². The van der Waals surface area contributed by atoms with Crippen LogP contribution in [-0.4, -0.2) is 23.8 Å². The van der Waals surface area contributed by atoms with Crippen LogP contribution in [-0.2, 0) is 11.2 Å². The van der Waals surface area contributed by atoms with Crippen molar-refractivity contribution in [2.24, 2.45) is 0 Å². The number of carbonyl (C=O) groups excluding carboxylic acids is 2. The lowest BCUT2D eigenvalue weighted by Crippen LogP contribution is -2.13. The number of aromatic amines is 1. The average molecular weight is 409 g/mol. The minimum atomic E-state index is -0.528. The van der Waals surface area contributed by atoms with E-state index in [0.29, 0.717) is 28.9 Å². The van der Waals surface area contributed by atoms with Gasteiger partial charge in [0.1, 0.15) is 0 Å². The summed E-state index contributed by atoms with van der Waals surface area (Å²) in [7, 11) is 1.33. The smallest absolute Gasteiger partial charge is 0.340 e. The first-order valence-corrected chi connectivity index (χ1v) is 10.1. The summed E-state index contributed by atoms with van der Waals surface area (Å²) in [6.45, 7) is 1.78. The van der Waals surface area contributed by atoms with Crippen LogP contribution in [0, 0.1) is 6.92 Å². The van der Waals surface area contributed by atoms with E-state index in [1.165, 1.54) is 7.11 Å². The fourth-order valence-electron chi connectivity index (χ4n) is 3.88. The molecule has 1 heterocycles. The minimum Gasteiger partial charge on any atom is -0.465 e. The molecule has 0 aliphatic rings. The third kappa shape index (κ3) is 4.05. The van der Waals surface area contributed by atoms with Crippen molar-refractivity contribution >= 4 is 11.8 Å². The lowest BCUT2D eigenvalue weighted by Gasteiger charge is -2.11. The fourth-order valence-corrected chi connectivity index (χ4v) is 3.88. The number of hydrogen-bond acceptors (Lipinski definition) is 3. The third-order valence-corrected chi connectivity index (χ3v) is 5.37. The Morgan fingerprint density at radius 1 is 0.806 bits per heavy atom. The molecule has 0 saturated heterocycles. The molecule has 4 heteroatoms. The van der Waals surface area contributed by atoms with Crippen LogP contribution in [0.4, 0.5) is 0 Å². The summed E-state index contributed by atoms with van der Waals surface area (Å²) in [6.07, 6.45) is 0.625. The monoisotopic (exact) mass is 409 g/mol. The Hall–Kier alpha value is -3.92. The molecule has 0 spiro atoms. The van der Waals surface area contributed by atoms with Gasteiger partial charge in [-0.25, -0.2) is 4.79 Å². The van der Waals surface area contributed by atoms with Gasteiger partial charge in [0, 0.05) is 11.3 Å². The largest absolute Gasteiger partial charge is 0.465 e. The number of benzene rings is 3. The number of H-pyrrole nitrogens is 1. The van der Waals surface area contributed by atoms with E-state index < -0.39 is 5.97 Å². The Morgan fingerprint density at radius 3 is 2.10 bits per heavy atom. The summed E-state index contributed by atoms with van der Waals surface area (Å²) in [5.74, 6) is -0.727. The van der Waals surface area contributed by atoms with Gasteiger partial charge in [-0.3, -0.25) is 4.79 Å². The molecule has 4 nitrogen and oxygen atoms in total. The van der Waals surface area contributed by atoms with E-state index in [9.17, 15) is 9.59 Å². The molecule has 154 valence electrons. The van der Waals surface area contributed by atoms with Crippen LogP contribution < -0.4 is 0 Å². The molecular formula is C27H23NO3. The second-order valence-corrected chi connectivity index (χ2v) is 7.38. The van der Waals surface area contributed by atoms with Crippen molar-refractivity contribution in [3.05, 3.63) is 118 Å². The standard InChI is InChI=1S/C27H23NO3/c1-18-23(27(30)31-2)24(25(28-18)20-13-7-4-8-14-20)26(29)22-16-10-9-15-21(22)17-19-11-5-3-6-12-19/h3-16,28H,17H2,1-2H3. The third-order valence-electron chi connectivity index (χ3n) is 5.37. The van der Waals surface area contributed by atoms with Crippen LogP contribution in [0.5, 0.6) is 0 Å². The molecule has 0 atom stereocenters. The van der Waals surface area contributed by atoms with E-state index in [2.05, 4.69) is 4.98 Å². The summed E-state index contributed by atoms with van der Waals surface area (Å²) in [4.78, 5) is 29.7. The van der Waals surface area contributed by atoms with Crippen LogP contribution in [0.15, 0.2) is 84.9 Å². The van der Waals surface area contributed by atoms with Gasteiger partial charge in [-0.2, -0.15) is 0 Å². The molecule has 0 aliphatic carbocycles. The number of aryl methyl sites for hydroxylation is 1. The Morgan fingerprint density at radius 2 is 1.42 bits per heavy atom. The highest BCUT2D eigenvalue weighted by Crippen LogP contribution is 2.32. The second-order valence-electron chi connectivity index (χ2n) is 7.38. The van der Waals surface area contributed by atoms with Gasteiger partial charge in [-0.05, 0) is 30.0 Å². The molecule has 31 heavy (non-hydrogen) atoms. The van der Waals surface area contributed by atoms with Crippen molar-refractivity contribution in [1.29, 1.82) is 0 Å². The lowest BCUT2D eigenvalue weighted by molar-refractivity contribution is 0.0597. The van der Waals surface area contributed by atoms with Gasteiger partial charge in [-0.1, -0.05) is 84.9 Å². The summed E-state index contributed by atoms with van der Waals surface area (Å²) in [6, 6.07) is 27.1. The number of methoxy groups -OCH3 is 1. The van der Waals surface area contributed by atoms with Gasteiger partial charge in [0.15, 0.2) is 5.78 Å². The van der Waals surface area contributed by atoms with Gasteiger partial charge in [0.2, 0.25) is 0 Å². The number of ether oxygens (including phenoxy) is 1. The molecule has 4 rings (SSSR count). The molecular weight excluding hydrogens is 386 g/mol. The summed E-state index contributed by atoms with van der Waals surface area (Å²) < 4.78 is 5.01. The predicted octanol–water partition coefficient (Wildman–Crippen LogP) is 5.60. The summed E-state index contributed by atoms with van der Waals surface area (Å²) in [5.41, 5.74) is 5.29. The molecule has 0 amide bonds. The Kier molecular flexibility index (Phi) is 5.80. The highest BCUT2D eigenvalue weighted by Gasteiger charge is 2.29. The number of ketones is 1. The molecule has 1 N–H and O–H groups in total. The predicted molar refractivity (Wildman–Crippen MR) is 121 cm³/mol. The quantitative estimate of drug-likeness (QED) is 0.333. The molecule has 0 saturated carbocycles. The maximum absolute atomic E-state index is 13.9. The highest BCUT2D eigenvalue weighted by molar-refractivity contribution is 6.19. The van der Waals surface area contributed by atoms with Gasteiger partial charge in [0.25, 0.3) is 0 Å². The van der Waals surface area contributed by atoms with Crippen molar-refractivity contribution in [3.63, 3.8) is 0 Å². The molecule has 4 aromatic rings. The minimum absolute atomic E-state index is 0.199. The second kappa shape index (κ2) is 8.84. The molecule has 0 fully saturated rings. The average Bonchev–Trinajstić information content (AvgIpc) is 3.17. The number of aromatic nitrogens is 1. The van der Waals surface area contributed by atoms with Crippen molar-refractivity contribution < 1.29 is 14.3 Å².